The molecule has 3 fully saturated rings. The molecule has 1 aromatic rings. The van der Waals surface area contributed by atoms with Crippen LogP contribution in [-0.2, 0) is 14.3 Å². The van der Waals surface area contributed by atoms with E-state index < -0.39 is 5.60 Å². The van der Waals surface area contributed by atoms with Crippen LogP contribution in [0.15, 0.2) is 24.3 Å². The van der Waals surface area contributed by atoms with E-state index in [9.17, 15) is 4.79 Å². The van der Waals surface area contributed by atoms with Gasteiger partial charge in [-0.1, -0.05) is 23.7 Å². The third-order valence-electron chi connectivity index (χ3n) is 6.21. The maximum atomic E-state index is 12.9. The Kier molecular flexibility index (Phi) is 5.71. The van der Waals surface area contributed by atoms with Crippen molar-refractivity contribution in [2.45, 2.75) is 43.1 Å². The summed E-state index contributed by atoms with van der Waals surface area (Å²) in [5.74, 6) is 0.0338. The van der Waals surface area contributed by atoms with Crippen molar-refractivity contribution in [2.75, 3.05) is 39.9 Å². The molecule has 0 spiro atoms. The zero-order chi connectivity index (χ0) is 18.9. The molecule has 148 valence electrons. The van der Waals surface area contributed by atoms with Crippen molar-refractivity contribution in [1.82, 2.24) is 15.5 Å². The molecule has 0 aliphatic carbocycles. The minimum absolute atomic E-state index is 0.0338. The number of rotatable bonds is 4. The van der Waals surface area contributed by atoms with E-state index in [1.54, 1.807) is 7.11 Å². The molecule has 3 aliphatic rings. The number of benzene rings is 1. The summed E-state index contributed by atoms with van der Waals surface area (Å²) >= 11 is 5.99. The number of morpholine rings is 1. The quantitative estimate of drug-likeness (QED) is 0.815. The van der Waals surface area contributed by atoms with Crippen LogP contribution in [0.25, 0.3) is 0 Å². The minimum atomic E-state index is -0.684. The van der Waals surface area contributed by atoms with Gasteiger partial charge in [-0.25, -0.2) is 0 Å². The highest BCUT2D eigenvalue weighted by Crippen LogP contribution is 2.31. The molecule has 1 amide bonds. The first kappa shape index (κ1) is 19.2. The van der Waals surface area contributed by atoms with Crippen molar-refractivity contribution < 1.29 is 14.3 Å². The van der Waals surface area contributed by atoms with Gasteiger partial charge in [-0.3, -0.25) is 9.69 Å². The zero-order valence-electron chi connectivity index (χ0n) is 15.7. The Hall–Kier alpha value is -1.18. The molecule has 27 heavy (non-hydrogen) atoms. The smallest absolute Gasteiger partial charge is 0.252 e. The van der Waals surface area contributed by atoms with Crippen molar-refractivity contribution in [3.63, 3.8) is 0 Å². The zero-order valence-corrected chi connectivity index (χ0v) is 16.5. The minimum Gasteiger partial charge on any atom is -0.371 e. The third-order valence-corrected chi connectivity index (χ3v) is 6.46. The fourth-order valence-electron chi connectivity index (χ4n) is 4.53. The van der Waals surface area contributed by atoms with Gasteiger partial charge in [0.1, 0.15) is 5.60 Å². The number of carbonyl (C=O) groups excluding carboxylic acids is 1. The number of ether oxygens (including phenoxy) is 2. The molecular weight excluding hydrogens is 366 g/mol. The summed E-state index contributed by atoms with van der Waals surface area (Å²) in [7, 11) is 1.65. The van der Waals surface area contributed by atoms with Gasteiger partial charge in [-0.05, 0) is 50.0 Å². The van der Waals surface area contributed by atoms with Crippen molar-refractivity contribution in [2.24, 2.45) is 0 Å². The molecule has 3 aliphatic heterocycles. The highest BCUT2D eigenvalue weighted by atomic mass is 35.5. The van der Waals surface area contributed by atoms with Gasteiger partial charge in [-0.2, -0.15) is 0 Å². The molecule has 6 nitrogen and oxygen atoms in total. The number of nitrogens with one attached hydrogen (secondary N) is 2. The largest absolute Gasteiger partial charge is 0.371 e. The van der Waals surface area contributed by atoms with Crippen LogP contribution < -0.4 is 10.6 Å². The number of halogens is 1. The van der Waals surface area contributed by atoms with Gasteiger partial charge in [0.2, 0.25) is 0 Å². The van der Waals surface area contributed by atoms with Gasteiger partial charge in [0.05, 0.1) is 12.7 Å². The summed E-state index contributed by atoms with van der Waals surface area (Å²) in [4.78, 5) is 15.3. The molecule has 4 rings (SSSR count). The molecule has 1 aromatic carbocycles. The molecule has 0 bridgehead atoms. The van der Waals surface area contributed by atoms with Crippen LogP contribution >= 0.6 is 11.6 Å². The summed E-state index contributed by atoms with van der Waals surface area (Å²) < 4.78 is 11.8. The lowest BCUT2D eigenvalue weighted by atomic mass is 9.90. The Morgan fingerprint density at radius 1 is 1.30 bits per heavy atom. The summed E-state index contributed by atoms with van der Waals surface area (Å²) in [5.41, 5.74) is 0.467. The second kappa shape index (κ2) is 8.05. The molecule has 3 saturated heterocycles. The molecule has 3 atom stereocenters. The predicted molar refractivity (Wildman–Crippen MR) is 104 cm³/mol. The first-order valence-corrected chi connectivity index (χ1v) is 10.2. The van der Waals surface area contributed by atoms with Crippen LogP contribution in [-0.4, -0.2) is 68.4 Å². The van der Waals surface area contributed by atoms with Gasteiger partial charge in [0.25, 0.3) is 5.91 Å². The average Bonchev–Trinajstić information content (AvgIpc) is 3.10. The van der Waals surface area contributed by atoms with E-state index >= 15 is 0 Å². The van der Waals surface area contributed by atoms with Crippen LogP contribution in [0.2, 0.25) is 5.02 Å². The highest BCUT2D eigenvalue weighted by molar-refractivity contribution is 6.30. The number of fused-ring (bicyclic) bond motifs is 1. The van der Waals surface area contributed by atoms with Gasteiger partial charge >= 0.3 is 0 Å². The number of piperidine rings is 1. The highest BCUT2D eigenvalue weighted by Gasteiger charge is 2.43. The summed E-state index contributed by atoms with van der Waals surface area (Å²) in [6.45, 7) is 4.04. The Bertz CT molecular complexity index is 663. The van der Waals surface area contributed by atoms with E-state index in [2.05, 4.69) is 15.5 Å². The lowest BCUT2D eigenvalue weighted by Gasteiger charge is -2.35. The van der Waals surface area contributed by atoms with E-state index in [-0.39, 0.29) is 18.1 Å². The van der Waals surface area contributed by atoms with Crippen LogP contribution in [0.3, 0.4) is 0 Å². The second-order valence-electron chi connectivity index (χ2n) is 7.84. The van der Waals surface area contributed by atoms with Crippen molar-refractivity contribution in [3.8, 4) is 0 Å². The number of amides is 1. The SMILES string of the molecule is COC1(C(=O)N[C@@H]2C[C@H]3CO[C@@H](c4ccc(Cl)cc4)CN3C2)CCNCC1. The molecule has 0 aromatic heterocycles. The van der Waals surface area contributed by atoms with Gasteiger partial charge in [0.15, 0.2) is 0 Å². The molecule has 0 saturated carbocycles. The maximum Gasteiger partial charge on any atom is 0.252 e. The lowest BCUT2D eigenvalue weighted by Crippen LogP contribution is -2.56. The first-order valence-electron chi connectivity index (χ1n) is 9.77. The summed E-state index contributed by atoms with van der Waals surface area (Å²) in [5, 5.41) is 7.28. The fraction of sp³-hybridized carbons (Fsp3) is 0.650. The maximum absolute atomic E-state index is 12.9. The van der Waals surface area contributed by atoms with Crippen LogP contribution in [0.5, 0.6) is 0 Å². The van der Waals surface area contributed by atoms with Crippen molar-refractivity contribution in [3.05, 3.63) is 34.9 Å². The van der Waals surface area contributed by atoms with Crippen LogP contribution in [0, 0.1) is 0 Å². The average molecular weight is 394 g/mol. The molecule has 0 unspecified atom stereocenters. The van der Waals surface area contributed by atoms with Crippen molar-refractivity contribution in [1.29, 1.82) is 0 Å². The Labute approximate surface area is 165 Å². The van der Waals surface area contributed by atoms with Gasteiger partial charge in [-0.15, -0.1) is 0 Å². The number of nitrogens with zero attached hydrogens (tertiary/aromatic N) is 1. The normalized spacial score (nSPS) is 30.7. The van der Waals surface area contributed by atoms with Crippen LogP contribution in [0.4, 0.5) is 0 Å². The number of methoxy groups -OCH3 is 1. The standard InChI is InChI=1S/C20H28ClN3O3/c1-26-20(6-8-22-9-7-20)19(25)23-16-10-17-13-27-18(12-24(17)11-16)14-2-4-15(21)5-3-14/h2-5,16-18,22H,6-13H2,1H3,(H,23,25)/t16-,17+,18-/m1/s1. The molecular formula is C20H28ClN3O3. The van der Waals surface area contributed by atoms with E-state index in [0.29, 0.717) is 12.6 Å². The van der Waals surface area contributed by atoms with Crippen molar-refractivity contribution >= 4 is 17.5 Å². The summed E-state index contributed by atoms with van der Waals surface area (Å²) in [6, 6.07) is 8.39. The Morgan fingerprint density at radius 2 is 2.04 bits per heavy atom. The third kappa shape index (κ3) is 4.00. The predicted octanol–water partition coefficient (Wildman–Crippen LogP) is 1.74. The Morgan fingerprint density at radius 3 is 2.74 bits per heavy atom. The molecule has 7 heteroatoms. The number of hydrogen-bond acceptors (Lipinski definition) is 5. The van der Waals surface area contributed by atoms with E-state index in [0.717, 1.165) is 56.0 Å². The van der Waals surface area contributed by atoms with Gasteiger partial charge in [0, 0.05) is 37.3 Å². The molecule has 2 N–H and O–H groups in total. The van der Waals surface area contributed by atoms with Gasteiger partial charge < -0.3 is 20.1 Å². The molecule has 0 radical (unpaired) electrons. The topological polar surface area (TPSA) is 62.8 Å². The first-order chi connectivity index (χ1) is 13.1. The fourth-order valence-corrected chi connectivity index (χ4v) is 4.66. The van der Waals surface area contributed by atoms with Crippen LogP contribution in [0.1, 0.15) is 30.9 Å². The second-order valence-corrected chi connectivity index (χ2v) is 8.27. The Balaban J connectivity index is 1.35. The number of carbonyl (C=O) groups is 1. The van der Waals surface area contributed by atoms with E-state index in [1.807, 2.05) is 24.3 Å². The lowest BCUT2D eigenvalue weighted by molar-refractivity contribution is -0.147. The monoisotopic (exact) mass is 393 g/mol. The number of hydrogen-bond donors (Lipinski definition) is 2. The molecule has 3 heterocycles. The van der Waals surface area contributed by atoms with E-state index in [1.165, 1.54) is 0 Å². The van der Waals surface area contributed by atoms with E-state index in [4.69, 9.17) is 21.1 Å². The summed E-state index contributed by atoms with van der Waals surface area (Å²) in [6.07, 6.45) is 2.42.